The lowest BCUT2D eigenvalue weighted by Crippen LogP contribution is -2.08. The zero-order chi connectivity index (χ0) is 12.3. The number of esters is 1. The highest BCUT2D eigenvalue weighted by Crippen LogP contribution is 2.15. The van der Waals surface area contributed by atoms with Crippen molar-refractivity contribution >= 4 is 5.97 Å². The van der Waals surface area contributed by atoms with Crippen molar-refractivity contribution in [1.29, 1.82) is 0 Å². The number of ether oxygens (including phenoxy) is 1. The predicted molar refractivity (Wildman–Crippen MR) is 67.3 cm³/mol. The Balaban J connectivity index is 2.17. The lowest BCUT2D eigenvalue weighted by atomic mass is 10.1. The molecule has 0 unspecified atom stereocenters. The van der Waals surface area contributed by atoms with E-state index in [9.17, 15) is 4.79 Å². The molecule has 2 aromatic carbocycles. The lowest BCUT2D eigenvalue weighted by molar-refractivity contribution is 0.0734. The summed E-state index contributed by atoms with van der Waals surface area (Å²) >= 11 is 0. The van der Waals surface area contributed by atoms with E-state index in [4.69, 9.17) is 4.74 Å². The van der Waals surface area contributed by atoms with E-state index >= 15 is 0 Å². The molecule has 2 aromatic rings. The van der Waals surface area contributed by atoms with Gasteiger partial charge in [-0.05, 0) is 43.7 Å². The van der Waals surface area contributed by atoms with Crippen LogP contribution >= 0.6 is 0 Å². The van der Waals surface area contributed by atoms with Crippen molar-refractivity contribution in [2.24, 2.45) is 0 Å². The van der Waals surface area contributed by atoms with Crippen LogP contribution in [-0.2, 0) is 0 Å². The zero-order valence-electron chi connectivity index (χ0n) is 9.94. The van der Waals surface area contributed by atoms with E-state index in [2.05, 4.69) is 0 Å². The number of carbonyl (C=O) groups is 1. The second-order valence-electron chi connectivity index (χ2n) is 4.08. The van der Waals surface area contributed by atoms with E-state index in [1.54, 1.807) is 12.1 Å². The van der Waals surface area contributed by atoms with Crippen molar-refractivity contribution < 1.29 is 9.53 Å². The van der Waals surface area contributed by atoms with E-state index in [0.717, 1.165) is 11.1 Å². The van der Waals surface area contributed by atoms with Gasteiger partial charge in [-0.1, -0.05) is 29.8 Å². The summed E-state index contributed by atoms with van der Waals surface area (Å²) < 4.78 is 5.30. The molecule has 17 heavy (non-hydrogen) atoms. The Hall–Kier alpha value is -2.09. The van der Waals surface area contributed by atoms with Gasteiger partial charge in [-0.2, -0.15) is 0 Å². The summed E-state index contributed by atoms with van der Waals surface area (Å²) in [6, 6.07) is 14.8. The molecule has 0 aliphatic carbocycles. The van der Waals surface area contributed by atoms with Crippen LogP contribution in [0.4, 0.5) is 0 Å². The van der Waals surface area contributed by atoms with E-state index in [1.807, 2.05) is 50.2 Å². The second kappa shape index (κ2) is 4.83. The molecule has 0 bridgehead atoms. The van der Waals surface area contributed by atoms with Crippen LogP contribution in [0.5, 0.6) is 5.75 Å². The molecule has 0 heterocycles. The standard InChI is InChI=1S/C15H14O2/c1-11-5-3-7-13(9-11)15(16)17-14-8-4-6-12(2)10-14/h3-10H,1-2H3. The molecular weight excluding hydrogens is 212 g/mol. The Labute approximate surface area is 101 Å². The minimum Gasteiger partial charge on any atom is -0.423 e. The minimum absolute atomic E-state index is 0.320. The maximum atomic E-state index is 11.9. The number of aryl methyl sites for hydroxylation is 2. The Morgan fingerprint density at radius 2 is 1.59 bits per heavy atom. The van der Waals surface area contributed by atoms with Crippen LogP contribution in [0.25, 0.3) is 0 Å². The summed E-state index contributed by atoms with van der Waals surface area (Å²) in [5.74, 6) is 0.260. The van der Waals surface area contributed by atoms with Gasteiger partial charge in [0.25, 0.3) is 0 Å². The molecule has 2 rings (SSSR count). The summed E-state index contributed by atoms with van der Waals surface area (Å²) in [5.41, 5.74) is 2.69. The SMILES string of the molecule is Cc1cccc(OC(=O)c2cccc(C)c2)c1. The van der Waals surface area contributed by atoms with Crippen LogP contribution in [0.15, 0.2) is 48.5 Å². The number of hydrogen-bond acceptors (Lipinski definition) is 2. The summed E-state index contributed by atoms with van der Waals surface area (Å²) in [5, 5.41) is 0. The van der Waals surface area contributed by atoms with Crippen LogP contribution < -0.4 is 4.74 Å². The van der Waals surface area contributed by atoms with Crippen LogP contribution in [0.2, 0.25) is 0 Å². The van der Waals surface area contributed by atoms with Crippen molar-refractivity contribution in [3.05, 3.63) is 65.2 Å². The molecular formula is C15H14O2. The Kier molecular flexibility index (Phi) is 3.24. The van der Waals surface area contributed by atoms with Crippen molar-refractivity contribution in [3.63, 3.8) is 0 Å². The molecule has 2 heteroatoms. The van der Waals surface area contributed by atoms with Crippen LogP contribution in [-0.4, -0.2) is 5.97 Å². The third kappa shape index (κ3) is 2.94. The average Bonchev–Trinajstić information content (AvgIpc) is 2.29. The molecule has 0 saturated carbocycles. The zero-order valence-corrected chi connectivity index (χ0v) is 9.94. The monoisotopic (exact) mass is 226 g/mol. The molecule has 0 aliphatic heterocycles. The molecule has 0 spiro atoms. The van der Waals surface area contributed by atoms with Crippen molar-refractivity contribution in [3.8, 4) is 5.75 Å². The lowest BCUT2D eigenvalue weighted by Gasteiger charge is -2.05. The van der Waals surface area contributed by atoms with Gasteiger partial charge in [0.1, 0.15) is 5.75 Å². The first-order valence-corrected chi connectivity index (χ1v) is 5.51. The first-order valence-electron chi connectivity index (χ1n) is 5.51. The first-order chi connectivity index (χ1) is 8.15. The fourth-order valence-corrected chi connectivity index (χ4v) is 1.62. The molecule has 0 amide bonds. The van der Waals surface area contributed by atoms with Gasteiger partial charge in [0.2, 0.25) is 0 Å². The van der Waals surface area contributed by atoms with Gasteiger partial charge in [0.15, 0.2) is 0 Å². The van der Waals surface area contributed by atoms with Gasteiger partial charge in [0.05, 0.1) is 5.56 Å². The number of rotatable bonds is 2. The molecule has 2 nitrogen and oxygen atoms in total. The summed E-state index contributed by atoms with van der Waals surface area (Å²) in [7, 11) is 0. The Morgan fingerprint density at radius 3 is 2.24 bits per heavy atom. The van der Waals surface area contributed by atoms with Gasteiger partial charge in [-0.25, -0.2) is 4.79 Å². The fourth-order valence-electron chi connectivity index (χ4n) is 1.62. The van der Waals surface area contributed by atoms with Gasteiger partial charge in [-0.3, -0.25) is 0 Å². The highest BCUT2D eigenvalue weighted by Gasteiger charge is 2.08. The smallest absolute Gasteiger partial charge is 0.343 e. The highest BCUT2D eigenvalue weighted by atomic mass is 16.5. The summed E-state index contributed by atoms with van der Waals surface area (Å²) in [6.07, 6.45) is 0. The summed E-state index contributed by atoms with van der Waals surface area (Å²) in [4.78, 5) is 11.9. The van der Waals surface area contributed by atoms with Crippen LogP contribution in [0.1, 0.15) is 21.5 Å². The van der Waals surface area contributed by atoms with Crippen LogP contribution in [0.3, 0.4) is 0 Å². The van der Waals surface area contributed by atoms with E-state index in [-0.39, 0.29) is 5.97 Å². The second-order valence-corrected chi connectivity index (χ2v) is 4.08. The largest absolute Gasteiger partial charge is 0.423 e. The van der Waals surface area contributed by atoms with Gasteiger partial charge >= 0.3 is 5.97 Å². The summed E-state index contributed by atoms with van der Waals surface area (Å²) in [6.45, 7) is 3.91. The molecule has 0 saturated heterocycles. The molecule has 0 atom stereocenters. The van der Waals surface area contributed by atoms with Crippen molar-refractivity contribution in [2.75, 3.05) is 0 Å². The van der Waals surface area contributed by atoms with Crippen molar-refractivity contribution in [1.82, 2.24) is 0 Å². The average molecular weight is 226 g/mol. The maximum absolute atomic E-state index is 11.9. The van der Waals surface area contributed by atoms with E-state index < -0.39 is 0 Å². The highest BCUT2D eigenvalue weighted by molar-refractivity contribution is 5.91. The molecule has 0 aliphatic rings. The maximum Gasteiger partial charge on any atom is 0.343 e. The normalized spacial score (nSPS) is 10.0. The van der Waals surface area contributed by atoms with E-state index in [1.165, 1.54) is 0 Å². The fraction of sp³-hybridized carbons (Fsp3) is 0.133. The molecule has 0 fully saturated rings. The first kappa shape index (κ1) is 11.4. The quantitative estimate of drug-likeness (QED) is 0.578. The van der Waals surface area contributed by atoms with Gasteiger partial charge < -0.3 is 4.74 Å². The number of benzene rings is 2. The molecule has 0 aromatic heterocycles. The number of hydrogen-bond donors (Lipinski definition) is 0. The predicted octanol–water partition coefficient (Wildman–Crippen LogP) is 3.52. The topological polar surface area (TPSA) is 26.3 Å². The third-order valence-electron chi connectivity index (χ3n) is 2.45. The number of carbonyl (C=O) groups excluding carboxylic acids is 1. The molecule has 0 radical (unpaired) electrons. The molecule has 0 N–H and O–H groups in total. The Morgan fingerprint density at radius 1 is 0.941 bits per heavy atom. The third-order valence-corrected chi connectivity index (χ3v) is 2.45. The molecule has 86 valence electrons. The van der Waals surface area contributed by atoms with Crippen molar-refractivity contribution in [2.45, 2.75) is 13.8 Å². The minimum atomic E-state index is -0.320. The van der Waals surface area contributed by atoms with Gasteiger partial charge in [-0.15, -0.1) is 0 Å². The van der Waals surface area contributed by atoms with Crippen LogP contribution in [0, 0.1) is 13.8 Å². The Bertz CT molecular complexity index is 544. The van der Waals surface area contributed by atoms with E-state index in [0.29, 0.717) is 11.3 Å². The van der Waals surface area contributed by atoms with Gasteiger partial charge in [0, 0.05) is 0 Å².